The summed E-state index contributed by atoms with van der Waals surface area (Å²) in [7, 11) is 0. The Morgan fingerprint density at radius 2 is 1.73 bits per heavy atom. The van der Waals surface area contributed by atoms with Crippen LogP contribution in [-0.2, 0) is 16.1 Å². The van der Waals surface area contributed by atoms with E-state index < -0.39 is 18.5 Å². The largest absolute Gasteiger partial charge is 0.492 e. The minimum Gasteiger partial charge on any atom is -0.492 e. The van der Waals surface area contributed by atoms with Gasteiger partial charge >= 0.3 is 5.97 Å². The molecule has 0 radical (unpaired) electrons. The first-order valence-electron chi connectivity index (χ1n) is 9.73. The molecule has 30 heavy (non-hydrogen) atoms. The summed E-state index contributed by atoms with van der Waals surface area (Å²) < 4.78 is 11.9. The van der Waals surface area contributed by atoms with E-state index in [0.29, 0.717) is 41.8 Å². The number of para-hydroxylation sites is 2. The van der Waals surface area contributed by atoms with Crippen LogP contribution in [0.1, 0.15) is 30.8 Å². The van der Waals surface area contributed by atoms with Crippen LogP contribution in [0.4, 0.5) is 5.69 Å². The van der Waals surface area contributed by atoms with Crippen LogP contribution in [0.5, 0.6) is 5.75 Å². The molecule has 0 spiro atoms. The zero-order chi connectivity index (χ0) is 21.5. The summed E-state index contributed by atoms with van der Waals surface area (Å²) in [6.07, 6.45) is 0.682. The Labute approximate surface area is 173 Å². The first kappa shape index (κ1) is 21.0. The summed E-state index contributed by atoms with van der Waals surface area (Å²) in [5.74, 6) is -0.759. The number of benzene rings is 2. The van der Waals surface area contributed by atoms with Crippen LogP contribution in [0.25, 0.3) is 10.8 Å². The van der Waals surface area contributed by atoms with Gasteiger partial charge in [0.2, 0.25) is 0 Å². The van der Waals surface area contributed by atoms with Gasteiger partial charge in [0.15, 0.2) is 12.3 Å². The lowest BCUT2D eigenvalue weighted by atomic mass is 10.1. The number of aromatic nitrogens is 2. The van der Waals surface area contributed by atoms with Crippen molar-refractivity contribution in [2.75, 3.05) is 18.5 Å². The maximum absolute atomic E-state index is 12.6. The number of ether oxygens (including phenoxy) is 2. The molecule has 2 aromatic carbocycles. The Hall–Kier alpha value is -3.68. The van der Waals surface area contributed by atoms with Crippen LogP contribution in [0.2, 0.25) is 0 Å². The highest BCUT2D eigenvalue weighted by molar-refractivity contribution is 6.03. The Bertz CT molecular complexity index is 1120. The van der Waals surface area contributed by atoms with Gasteiger partial charge in [-0.2, -0.15) is 5.10 Å². The van der Waals surface area contributed by atoms with Gasteiger partial charge in [0.1, 0.15) is 5.75 Å². The SMILES string of the molecule is CCCn1nc(C(=O)OCC(=O)Nc2ccccc2OCC)c2ccccc2c1=O. The molecule has 1 heterocycles. The number of nitrogens with one attached hydrogen (secondary N) is 1. The molecule has 3 aromatic rings. The number of hydrogen-bond donors (Lipinski definition) is 1. The molecule has 1 N–H and O–H groups in total. The highest BCUT2D eigenvalue weighted by Crippen LogP contribution is 2.23. The Balaban J connectivity index is 1.77. The fourth-order valence-electron chi connectivity index (χ4n) is 2.99. The smallest absolute Gasteiger partial charge is 0.359 e. The maximum atomic E-state index is 12.6. The van der Waals surface area contributed by atoms with Gasteiger partial charge in [0.25, 0.3) is 11.5 Å². The first-order chi connectivity index (χ1) is 14.5. The third-order valence-corrected chi connectivity index (χ3v) is 4.29. The number of rotatable bonds is 8. The highest BCUT2D eigenvalue weighted by Gasteiger charge is 2.19. The molecule has 0 fully saturated rings. The monoisotopic (exact) mass is 409 g/mol. The number of amides is 1. The minimum atomic E-state index is -0.774. The number of hydrogen-bond acceptors (Lipinski definition) is 6. The second-order valence-electron chi connectivity index (χ2n) is 6.48. The van der Waals surface area contributed by atoms with Crippen LogP contribution < -0.4 is 15.6 Å². The molecule has 8 heteroatoms. The maximum Gasteiger partial charge on any atom is 0.359 e. The van der Waals surface area contributed by atoms with Crippen LogP contribution in [0.3, 0.4) is 0 Å². The molecule has 3 rings (SSSR count). The van der Waals surface area contributed by atoms with Crippen LogP contribution in [0.15, 0.2) is 53.3 Å². The van der Waals surface area contributed by atoms with Gasteiger partial charge in [-0.05, 0) is 31.5 Å². The van der Waals surface area contributed by atoms with Crippen molar-refractivity contribution in [3.63, 3.8) is 0 Å². The van der Waals surface area contributed by atoms with Crippen molar-refractivity contribution in [3.05, 3.63) is 64.6 Å². The predicted molar refractivity (Wildman–Crippen MR) is 113 cm³/mol. The molecular formula is C22H23N3O5. The summed E-state index contributed by atoms with van der Waals surface area (Å²) in [5, 5.41) is 7.60. The van der Waals surface area contributed by atoms with Gasteiger partial charge in [-0.1, -0.05) is 37.3 Å². The Morgan fingerprint density at radius 3 is 2.47 bits per heavy atom. The fraction of sp³-hybridized carbons (Fsp3) is 0.273. The summed E-state index contributed by atoms with van der Waals surface area (Å²) in [6, 6.07) is 13.7. The second-order valence-corrected chi connectivity index (χ2v) is 6.48. The topological polar surface area (TPSA) is 99.5 Å². The number of nitrogens with zero attached hydrogens (tertiary/aromatic N) is 2. The molecule has 0 aliphatic rings. The van der Waals surface area contributed by atoms with Crippen molar-refractivity contribution in [2.45, 2.75) is 26.8 Å². The van der Waals surface area contributed by atoms with E-state index in [-0.39, 0.29) is 11.3 Å². The van der Waals surface area contributed by atoms with Crippen LogP contribution in [0, 0.1) is 0 Å². The van der Waals surface area contributed by atoms with E-state index in [1.54, 1.807) is 48.5 Å². The number of aryl methyl sites for hydroxylation is 1. The number of anilines is 1. The second kappa shape index (κ2) is 9.69. The molecule has 0 atom stereocenters. The predicted octanol–water partition coefficient (Wildman–Crippen LogP) is 3.00. The third kappa shape index (κ3) is 4.65. The van der Waals surface area contributed by atoms with E-state index >= 15 is 0 Å². The molecular weight excluding hydrogens is 386 g/mol. The molecule has 8 nitrogen and oxygen atoms in total. The lowest BCUT2D eigenvalue weighted by molar-refractivity contribution is -0.119. The van der Waals surface area contributed by atoms with Gasteiger partial charge in [0.05, 0.1) is 17.7 Å². The molecule has 156 valence electrons. The number of fused-ring (bicyclic) bond motifs is 1. The fourth-order valence-corrected chi connectivity index (χ4v) is 2.99. The third-order valence-electron chi connectivity index (χ3n) is 4.29. The van der Waals surface area contributed by atoms with E-state index in [2.05, 4.69) is 10.4 Å². The Morgan fingerprint density at radius 1 is 1.03 bits per heavy atom. The minimum absolute atomic E-state index is 0.00108. The number of esters is 1. The standard InChI is InChI=1S/C22H23N3O5/c1-3-13-25-21(27)16-10-6-5-9-15(16)20(24-25)22(28)30-14-19(26)23-17-11-7-8-12-18(17)29-4-2/h5-12H,3-4,13-14H2,1-2H3,(H,23,26). The zero-order valence-corrected chi connectivity index (χ0v) is 16.9. The Kier molecular flexibility index (Phi) is 6.79. The van der Waals surface area contributed by atoms with Crippen molar-refractivity contribution in [3.8, 4) is 5.75 Å². The molecule has 0 aliphatic heterocycles. The highest BCUT2D eigenvalue weighted by atomic mass is 16.5. The van der Waals surface area contributed by atoms with Crippen molar-refractivity contribution in [1.82, 2.24) is 9.78 Å². The van der Waals surface area contributed by atoms with Crippen molar-refractivity contribution >= 4 is 28.3 Å². The van der Waals surface area contributed by atoms with Crippen LogP contribution in [-0.4, -0.2) is 34.9 Å². The summed E-state index contributed by atoms with van der Waals surface area (Å²) in [5.41, 5.74) is 0.218. The average Bonchev–Trinajstić information content (AvgIpc) is 2.76. The van der Waals surface area contributed by atoms with Crippen molar-refractivity contribution in [2.24, 2.45) is 0 Å². The lowest BCUT2D eigenvalue weighted by Crippen LogP contribution is -2.27. The van der Waals surface area contributed by atoms with Gasteiger partial charge in [0, 0.05) is 11.9 Å². The van der Waals surface area contributed by atoms with Crippen LogP contribution >= 0.6 is 0 Å². The number of carbonyl (C=O) groups excluding carboxylic acids is 2. The van der Waals surface area contributed by atoms with E-state index in [1.807, 2.05) is 13.8 Å². The van der Waals surface area contributed by atoms with E-state index in [0.717, 1.165) is 0 Å². The first-order valence-corrected chi connectivity index (χ1v) is 9.73. The van der Waals surface area contributed by atoms with Crippen molar-refractivity contribution < 1.29 is 19.1 Å². The average molecular weight is 409 g/mol. The van der Waals surface area contributed by atoms with Gasteiger partial charge in [-0.3, -0.25) is 9.59 Å². The van der Waals surface area contributed by atoms with Crippen molar-refractivity contribution in [1.29, 1.82) is 0 Å². The molecule has 0 saturated carbocycles. The lowest BCUT2D eigenvalue weighted by Gasteiger charge is -2.12. The summed E-state index contributed by atoms with van der Waals surface area (Å²) >= 11 is 0. The molecule has 0 unspecified atom stereocenters. The molecule has 1 amide bonds. The van der Waals surface area contributed by atoms with E-state index in [4.69, 9.17) is 9.47 Å². The normalized spacial score (nSPS) is 10.6. The van der Waals surface area contributed by atoms with Gasteiger partial charge < -0.3 is 14.8 Å². The van der Waals surface area contributed by atoms with E-state index in [1.165, 1.54) is 4.68 Å². The summed E-state index contributed by atoms with van der Waals surface area (Å²) in [6.45, 7) is 4.08. The zero-order valence-electron chi connectivity index (χ0n) is 16.9. The van der Waals surface area contributed by atoms with Gasteiger partial charge in [-0.15, -0.1) is 0 Å². The quantitative estimate of drug-likeness (QED) is 0.574. The molecule has 0 bridgehead atoms. The van der Waals surface area contributed by atoms with E-state index in [9.17, 15) is 14.4 Å². The van der Waals surface area contributed by atoms with Gasteiger partial charge in [-0.25, -0.2) is 9.48 Å². The molecule has 1 aromatic heterocycles. The number of carbonyl (C=O) groups is 2. The summed E-state index contributed by atoms with van der Waals surface area (Å²) in [4.78, 5) is 37.4. The molecule has 0 saturated heterocycles. The molecule has 0 aliphatic carbocycles.